The van der Waals surface area contributed by atoms with Crippen molar-refractivity contribution in [2.75, 3.05) is 13.7 Å². The van der Waals surface area contributed by atoms with Crippen molar-refractivity contribution in [3.05, 3.63) is 71.1 Å². The average molecular weight is 463 g/mol. The van der Waals surface area contributed by atoms with Crippen molar-refractivity contribution in [3.8, 4) is 29.0 Å². The zero-order valence-corrected chi connectivity index (χ0v) is 19.0. The maximum absolute atomic E-state index is 11.8. The molecule has 1 aromatic heterocycles. The highest BCUT2D eigenvalue weighted by molar-refractivity contribution is 8.15. The van der Waals surface area contributed by atoms with Crippen LogP contribution in [0.2, 0.25) is 0 Å². The molecule has 1 saturated heterocycles. The first-order valence-electron chi connectivity index (χ1n) is 10.3. The van der Waals surface area contributed by atoms with Crippen molar-refractivity contribution in [1.82, 2.24) is 10.3 Å². The number of aromatic nitrogens is 1. The van der Waals surface area contributed by atoms with Gasteiger partial charge >= 0.3 is 0 Å². The zero-order chi connectivity index (χ0) is 23.2. The fourth-order valence-electron chi connectivity index (χ4n) is 3.32. The normalized spacial score (nSPS) is 15.2. The van der Waals surface area contributed by atoms with Gasteiger partial charge in [0, 0.05) is 5.56 Å². The Bertz CT molecular complexity index is 1230. The molecule has 33 heavy (non-hydrogen) atoms. The van der Waals surface area contributed by atoms with E-state index in [1.165, 1.54) is 0 Å². The lowest BCUT2D eigenvalue weighted by molar-refractivity contribution is -0.118. The molecule has 2 aromatic carbocycles. The Morgan fingerprint density at radius 3 is 2.73 bits per heavy atom. The number of amides is 2. The van der Waals surface area contributed by atoms with Crippen LogP contribution in [0.25, 0.3) is 11.5 Å². The third-order valence-corrected chi connectivity index (χ3v) is 5.98. The summed E-state index contributed by atoms with van der Waals surface area (Å²) in [5.41, 5.74) is 3.24. The molecule has 8 heteroatoms. The van der Waals surface area contributed by atoms with Gasteiger partial charge in [0.05, 0.1) is 24.5 Å². The van der Waals surface area contributed by atoms with E-state index < -0.39 is 5.25 Å². The van der Waals surface area contributed by atoms with Crippen LogP contribution in [0.15, 0.2) is 52.9 Å². The highest BCUT2D eigenvalue weighted by Gasteiger charge is 2.31. The molecule has 3 aromatic rings. The summed E-state index contributed by atoms with van der Waals surface area (Å²) in [6.45, 7) is 2.35. The Kier molecular flexibility index (Phi) is 7.13. The lowest BCUT2D eigenvalue weighted by Gasteiger charge is -2.08. The summed E-state index contributed by atoms with van der Waals surface area (Å²) in [4.78, 5) is 27.7. The van der Waals surface area contributed by atoms with Gasteiger partial charge in [0.1, 0.15) is 23.8 Å². The van der Waals surface area contributed by atoms with Crippen molar-refractivity contribution >= 4 is 22.9 Å². The number of ether oxygens (including phenoxy) is 2. The van der Waals surface area contributed by atoms with E-state index in [2.05, 4.69) is 22.1 Å². The molecule has 1 fully saturated rings. The topological polar surface area (TPSA) is 90.7 Å². The van der Waals surface area contributed by atoms with Gasteiger partial charge in [-0.05, 0) is 43.2 Å². The summed E-state index contributed by atoms with van der Waals surface area (Å²) < 4.78 is 16.8. The standard InChI is InChI=1S/C25H22N2O5S/c1-16-20(26-24(32-16)18-7-4-3-5-8-18)15-31-12-6-9-19-13-17(10-11-21(19)30-2)14-22-23(28)27-25(29)33-22/h3-5,7-8,10-11,13,22H,12,14-15H2,1-2H3,(H,27,28,29). The second-order valence-corrected chi connectivity index (χ2v) is 8.48. The van der Waals surface area contributed by atoms with Crippen LogP contribution in [0.5, 0.6) is 5.75 Å². The van der Waals surface area contributed by atoms with Crippen LogP contribution in [0, 0.1) is 18.8 Å². The third-order valence-electron chi connectivity index (χ3n) is 5.00. The second-order valence-electron chi connectivity index (χ2n) is 7.30. The second kappa shape index (κ2) is 10.4. The maximum Gasteiger partial charge on any atom is 0.286 e. The number of methoxy groups -OCH3 is 1. The molecule has 1 atom stereocenters. The predicted octanol–water partition coefficient (Wildman–Crippen LogP) is 4.12. The summed E-state index contributed by atoms with van der Waals surface area (Å²) in [7, 11) is 1.58. The van der Waals surface area contributed by atoms with Gasteiger partial charge in [-0.2, -0.15) is 0 Å². The molecular weight excluding hydrogens is 440 g/mol. The molecule has 7 nitrogen and oxygen atoms in total. The maximum atomic E-state index is 11.8. The van der Waals surface area contributed by atoms with Crippen LogP contribution in [0.1, 0.15) is 22.6 Å². The molecule has 2 heterocycles. The van der Waals surface area contributed by atoms with Crippen molar-refractivity contribution in [2.24, 2.45) is 0 Å². The van der Waals surface area contributed by atoms with Gasteiger partial charge in [-0.25, -0.2) is 4.98 Å². The Labute approximate surface area is 195 Å². The molecule has 1 aliphatic rings. The predicted molar refractivity (Wildman–Crippen MR) is 125 cm³/mol. The molecule has 0 saturated carbocycles. The molecule has 1 aliphatic heterocycles. The number of oxazole rings is 1. The van der Waals surface area contributed by atoms with Crippen LogP contribution in [0.4, 0.5) is 4.79 Å². The van der Waals surface area contributed by atoms with Crippen molar-refractivity contribution < 1.29 is 23.5 Å². The number of aryl methyl sites for hydroxylation is 1. The van der Waals surface area contributed by atoms with Crippen molar-refractivity contribution in [2.45, 2.75) is 25.2 Å². The SMILES string of the molecule is COc1ccc(CC2SC(=O)NC2=O)cc1C#CCOCc1nc(-c2ccccc2)oc1C. The molecule has 0 spiro atoms. The molecular formula is C25H22N2O5S. The molecule has 0 radical (unpaired) electrons. The highest BCUT2D eigenvalue weighted by atomic mass is 32.2. The lowest BCUT2D eigenvalue weighted by atomic mass is 10.0. The number of carbonyl (C=O) groups is 2. The van der Waals surface area contributed by atoms with Crippen molar-refractivity contribution in [3.63, 3.8) is 0 Å². The molecule has 168 valence electrons. The Balaban J connectivity index is 1.37. The average Bonchev–Trinajstić information content (AvgIpc) is 3.34. The first-order valence-corrected chi connectivity index (χ1v) is 11.2. The van der Waals surface area contributed by atoms with Crippen LogP contribution in [-0.2, 0) is 22.6 Å². The van der Waals surface area contributed by atoms with Gasteiger partial charge in [0.25, 0.3) is 5.24 Å². The number of nitrogens with zero attached hydrogens (tertiary/aromatic N) is 1. The van der Waals surface area contributed by atoms with Gasteiger partial charge < -0.3 is 13.9 Å². The fourth-order valence-corrected chi connectivity index (χ4v) is 4.18. The van der Waals surface area contributed by atoms with E-state index in [9.17, 15) is 9.59 Å². The summed E-state index contributed by atoms with van der Waals surface area (Å²) in [6, 6.07) is 15.2. The molecule has 0 aliphatic carbocycles. The Morgan fingerprint density at radius 2 is 2.00 bits per heavy atom. The number of hydrogen-bond donors (Lipinski definition) is 1. The number of rotatable bonds is 7. The van der Waals surface area contributed by atoms with Gasteiger partial charge in [0.15, 0.2) is 0 Å². The van der Waals surface area contributed by atoms with E-state index in [0.717, 1.165) is 28.6 Å². The van der Waals surface area contributed by atoms with Gasteiger partial charge in [-0.15, -0.1) is 0 Å². The minimum Gasteiger partial charge on any atom is -0.495 e. The van der Waals surface area contributed by atoms with E-state index in [1.54, 1.807) is 7.11 Å². The quantitative estimate of drug-likeness (QED) is 0.417. The summed E-state index contributed by atoms with van der Waals surface area (Å²) >= 11 is 1.01. The molecule has 1 N–H and O–H groups in total. The van der Waals surface area contributed by atoms with Crippen LogP contribution >= 0.6 is 11.8 Å². The van der Waals surface area contributed by atoms with Crippen LogP contribution < -0.4 is 10.1 Å². The van der Waals surface area contributed by atoms with E-state index in [-0.39, 0.29) is 24.4 Å². The Morgan fingerprint density at radius 1 is 1.18 bits per heavy atom. The van der Waals surface area contributed by atoms with E-state index >= 15 is 0 Å². The van der Waals surface area contributed by atoms with Crippen LogP contribution in [0.3, 0.4) is 0 Å². The number of imide groups is 1. The fraction of sp³-hybridized carbons (Fsp3) is 0.240. The van der Waals surface area contributed by atoms with E-state index in [0.29, 0.717) is 29.4 Å². The van der Waals surface area contributed by atoms with Crippen LogP contribution in [-0.4, -0.2) is 35.1 Å². The van der Waals surface area contributed by atoms with Crippen molar-refractivity contribution in [1.29, 1.82) is 0 Å². The van der Waals surface area contributed by atoms with Gasteiger partial charge in [-0.1, -0.05) is 47.9 Å². The molecule has 1 unspecified atom stereocenters. The first-order chi connectivity index (χ1) is 16.0. The van der Waals surface area contributed by atoms with E-state index in [1.807, 2.05) is 55.5 Å². The lowest BCUT2D eigenvalue weighted by Crippen LogP contribution is -2.25. The summed E-state index contributed by atoms with van der Waals surface area (Å²) in [5.74, 6) is 7.70. The number of nitrogens with one attached hydrogen (secondary N) is 1. The molecule has 0 bridgehead atoms. The minimum absolute atomic E-state index is 0.204. The van der Waals surface area contributed by atoms with Gasteiger partial charge in [0.2, 0.25) is 11.8 Å². The number of thioether (sulfide) groups is 1. The van der Waals surface area contributed by atoms with Gasteiger partial charge in [-0.3, -0.25) is 14.9 Å². The largest absolute Gasteiger partial charge is 0.495 e. The monoisotopic (exact) mass is 462 g/mol. The number of hydrogen-bond acceptors (Lipinski definition) is 7. The third kappa shape index (κ3) is 5.64. The first kappa shape index (κ1) is 22.6. The molecule has 4 rings (SSSR count). The number of benzene rings is 2. The molecule has 2 amide bonds. The highest BCUT2D eigenvalue weighted by Crippen LogP contribution is 2.26. The minimum atomic E-state index is -0.429. The summed E-state index contributed by atoms with van der Waals surface area (Å²) in [6.07, 6.45) is 0.437. The zero-order valence-electron chi connectivity index (χ0n) is 18.2. The summed E-state index contributed by atoms with van der Waals surface area (Å²) in [5, 5.41) is 1.56. The smallest absolute Gasteiger partial charge is 0.286 e. The number of carbonyl (C=O) groups excluding carboxylic acids is 2. The Hall–Kier alpha value is -3.54. The van der Waals surface area contributed by atoms with E-state index in [4.69, 9.17) is 13.9 Å².